The van der Waals surface area contributed by atoms with Crippen molar-refractivity contribution in [1.82, 2.24) is 14.9 Å². The van der Waals surface area contributed by atoms with Crippen LogP contribution in [0.15, 0.2) is 41.1 Å². The molecule has 1 amide bonds. The van der Waals surface area contributed by atoms with Gasteiger partial charge < -0.3 is 15.4 Å². The van der Waals surface area contributed by atoms with Crippen molar-refractivity contribution < 1.29 is 17.9 Å². The molecule has 0 bridgehead atoms. The molecule has 11 heteroatoms. The predicted molar refractivity (Wildman–Crippen MR) is 110 cm³/mol. The standard InChI is InChI=1S/C19H22N6O4S/c20-19-18-14(23-30(27,28)24-19)5-1-6-15(18)29-12-13-4-2-9-25(11-13)17(26)10-16-21-7-3-8-22-16/h1,3,5-8,13,23H,2,4,9-12H2,(H2,20,24)/t13-/m0/s1. The molecule has 2 aromatic rings. The summed E-state index contributed by atoms with van der Waals surface area (Å²) in [6.07, 6.45) is 5.23. The highest BCUT2D eigenvalue weighted by Gasteiger charge is 2.27. The third kappa shape index (κ3) is 4.51. The van der Waals surface area contributed by atoms with Crippen LogP contribution in [0.3, 0.4) is 0 Å². The zero-order valence-corrected chi connectivity index (χ0v) is 17.0. The topological polar surface area (TPSA) is 140 Å². The van der Waals surface area contributed by atoms with Crippen molar-refractivity contribution in [2.75, 3.05) is 24.4 Å². The number of amidine groups is 1. The number of fused-ring (bicyclic) bond motifs is 1. The summed E-state index contributed by atoms with van der Waals surface area (Å²) in [5.74, 6) is 0.997. The van der Waals surface area contributed by atoms with E-state index < -0.39 is 10.2 Å². The fraction of sp³-hybridized carbons (Fsp3) is 0.368. The fourth-order valence-electron chi connectivity index (χ4n) is 3.64. The van der Waals surface area contributed by atoms with E-state index in [1.807, 2.05) is 4.90 Å². The first kappa shape index (κ1) is 20.1. The van der Waals surface area contributed by atoms with Crippen molar-refractivity contribution in [3.63, 3.8) is 0 Å². The molecule has 158 valence electrons. The van der Waals surface area contributed by atoms with E-state index in [0.717, 1.165) is 12.8 Å². The average Bonchev–Trinajstić information content (AvgIpc) is 2.72. The Morgan fingerprint density at radius 1 is 1.27 bits per heavy atom. The van der Waals surface area contributed by atoms with Crippen molar-refractivity contribution in [3.05, 3.63) is 48.0 Å². The third-order valence-corrected chi connectivity index (χ3v) is 5.93. The van der Waals surface area contributed by atoms with E-state index in [2.05, 4.69) is 19.1 Å². The predicted octanol–water partition coefficient (Wildman–Crippen LogP) is 0.712. The second-order valence-corrected chi connectivity index (χ2v) is 8.57. The third-order valence-electron chi connectivity index (χ3n) is 5.01. The SMILES string of the molecule is NC1=NS(=O)(=O)Nc2cccc(OC[C@H]3CCCN(C(=O)Cc4ncccn4)C3)c21. The summed E-state index contributed by atoms with van der Waals surface area (Å²) in [4.78, 5) is 22.6. The minimum Gasteiger partial charge on any atom is -0.492 e. The number of carbonyl (C=O) groups excluding carboxylic acids is 1. The van der Waals surface area contributed by atoms with E-state index in [0.29, 0.717) is 42.5 Å². The van der Waals surface area contributed by atoms with Gasteiger partial charge in [0.25, 0.3) is 0 Å². The normalized spacial score (nSPS) is 19.9. The number of amides is 1. The Bertz CT molecular complexity index is 1070. The van der Waals surface area contributed by atoms with Crippen molar-refractivity contribution in [2.24, 2.45) is 16.0 Å². The van der Waals surface area contributed by atoms with Crippen molar-refractivity contribution >= 4 is 27.6 Å². The van der Waals surface area contributed by atoms with Gasteiger partial charge in [0.15, 0.2) is 5.84 Å². The molecule has 1 saturated heterocycles. The molecular weight excluding hydrogens is 408 g/mol. The maximum absolute atomic E-state index is 12.6. The van der Waals surface area contributed by atoms with E-state index in [9.17, 15) is 13.2 Å². The largest absolute Gasteiger partial charge is 0.492 e. The fourth-order valence-corrected chi connectivity index (χ4v) is 4.49. The van der Waals surface area contributed by atoms with Crippen LogP contribution in [0.1, 0.15) is 24.2 Å². The monoisotopic (exact) mass is 430 g/mol. The van der Waals surface area contributed by atoms with E-state index in [-0.39, 0.29) is 24.1 Å². The van der Waals surface area contributed by atoms with E-state index >= 15 is 0 Å². The molecule has 0 radical (unpaired) electrons. The van der Waals surface area contributed by atoms with Crippen LogP contribution in [0, 0.1) is 5.92 Å². The molecule has 4 rings (SSSR count). The molecule has 1 aromatic carbocycles. The Hall–Kier alpha value is -3.21. The molecule has 30 heavy (non-hydrogen) atoms. The Morgan fingerprint density at radius 3 is 2.87 bits per heavy atom. The summed E-state index contributed by atoms with van der Waals surface area (Å²) < 4.78 is 35.2. The number of hydrogen-bond donors (Lipinski definition) is 2. The van der Waals surface area contributed by atoms with Gasteiger partial charge in [-0.3, -0.25) is 9.52 Å². The van der Waals surface area contributed by atoms with Gasteiger partial charge in [-0.25, -0.2) is 9.97 Å². The summed E-state index contributed by atoms with van der Waals surface area (Å²) in [6.45, 7) is 1.66. The quantitative estimate of drug-likeness (QED) is 0.712. The first-order chi connectivity index (χ1) is 14.4. The highest BCUT2D eigenvalue weighted by Crippen LogP contribution is 2.31. The number of carbonyl (C=O) groups is 1. The lowest BCUT2D eigenvalue weighted by Crippen LogP contribution is -2.42. The Morgan fingerprint density at radius 2 is 2.07 bits per heavy atom. The van der Waals surface area contributed by atoms with Crippen LogP contribution in [0.2, 0.25) is 0 Å². The lowest BCUT2D eigenvalue weighted by Gasteiger charge is -2.33. The summed E-state index contributed by atoms with van der Waals surface area (Å²) in [7, 11) is -3.84. The van der Waals surface area contributed by atoms with Crippen LogP contribution in [0.5, 0.6) is 5.75 Å². The minimum absolute atomic E-state index is 0.00576. The van der Waals surface area contributed by atoms with E-state index in [4.69, 9.17) is 10.5 Å². The molecule has 1 aromatic heterocycles. The summed E-state index contributed by atoms with van der Waals surface area (Å²) in [6, 6.07) is 6.73. The Kier molecular flexibility index (Phi) is 5.53. The van der Waals surface area contributed by atoms with E-state index in [1.54, 1.807) is 36.7 Å². The molecule has 0 unspecified atom stereocenters. The second kappa shape index (κ2) is 8.27. The van der Waals surface area contributed by atoms with Gasteiger partial charge in [0.1, 0.15) is 11.6 Å². The smallest absolute Gasteiger partial charge is 0.344 e. The zero-order valence-electron chi connectivity index (χ0n) is 16.2. The number of nitrogens with one attached hydrogen (secondary N) is 1. The molecule has 2 aliphatic rings. The maximum Gasteiger partial charge on any atom is 0.344 e. The maximum atomic E-state index is 12.6. The molecule has 0 spiro atoms. The summed E-state index contributed by atoms with van der Waals surface area (Å²) in [5, 5.41) is 0. The van der Waals surface area contributed by atoms with Gasteiger partial charge in [-0.2, -0.15) is 8.42 Å². The Labute approximate surface area is 174 Å². The van der Waals surface area contributed by atoms with Crippen LogP contribution >= 0.6 is 0 Å². The molecule has 1 atom stereocenters. The van der Waals surface area contributed by atoms with Gasteiger partial charge in [0.2, 0.25) is 5.91 Å². The van der Waals surface area contributed by atoms with Gasteiger partial charge in [-0.05, 0) is 31.0 Å². The second-order valence-electron chi connectivity index (χ2n) is 7.23. The number of ether oxygens (including phenoxy) is 1. The molecule has 1 fully saturated rings. The number of piperidine rings is 1. The molecule has 10 nitrogen and oxygen atoms in total. The van der Waals surface area contributed by atoms with Crippen molar-refractivity contribution in [1.29, 1.82) is 0 Å². The number of anilines is 1. The van der Waals surface area contributed by atoms with E-state index in [1.165, 1.54) is 0 Å². The average molecular weight is 430 g/mol. The highest BCUT2D eigenvalue weighted by molar-refractivity contribution is 7.91. The number of benzene rings is 1. The lowest BCUT2D eigenvalue weighted by molar-refractivity contribution is -0.132. The first-order valence-electron chi connectivity index (χ1n) is 9.59. The van der Waals surface area contributed by atoms with Gasteiger partial charge in [0, 0.05) is 31.4 Å². The van der Waals surface area contributed by atoms with Crippen molar-refractivity contribution in [3.8, 4) is 5.75 Å². The summed E-state index contributed by atoms with van der Waals surface area (Å²) >= 11 is 0. The number of likely N-dealkylation sites (tertiary alicyclic amines) is 1. The molecule has 0 saturated carbocycles. The minimum atomic E-state index is -3.84. The number of nitrogens with two attached hydrogens (primary N) is 1. The lowest BCUT2D eigenvalue weighted by atomic mass is 9.98. The van der Waals surface area contributed by atoms with Crippen LogP contribution in [-0.4, -0.2) is 54.7 Å². The van der Waals surface area contributed by atoms with Crippen LogP contribution < -0.4 is 15.2 Å². The Balaban J connectivity index is 1.40. The van der Waals surface area contributed by atoms with Gasteiger partial charge >= 0.3 is 10.2 Å². The van der Waals surface area contributed by atoms with Gasteiger partial charge in [0.05, 0.1) is 24.3 Å². The highest BCUT2D eigenvalue weighted by atomic mass is 32.2. The van der Waals surface area contributed by atoms with Crippen LogP contribution in [0.4, 0.5) is 5.69 Å². The molecule has 3 heterocycles. The summed E-state index contributed by atoms with van der Waals surface area (Å²) in [5.41, 5.74) is 6.62. The molecular formula is C19H22N6O4S. The number of aromatic nitrogens is 2. The zero-order chi connectivity index (χ0) is 21.1. The van der Waals surface area contributed by atoms with Gasteiger partial charge in [-0.15, -0.1) is 4.40 Å². The number of nitrogens with zero attached hydrogens (tertiary/aromatic N) is 4. The number of hydrogen-bond acceptors (Lipinski definition) is 7. The van der Waals surface area contributed by atoms with Gasteiger partial charge in [-0.1, -0.05) is 6.07 Å². The first-order valence-corrected chi connectivity index (χ1v) is 11.0. The molecule has 0 aliphatic carbocycles. The number of rotatable bonds is 5. The molecule has 2 aliphatic heterocycles. The van der Waals surface area contributed by atoms with Crippen molar-refractivity contribution in [2.45, 2.75) is 19.3 Å². The van der Waals surface area contributed by atoms with Crippen LogP contribution in [-0.2, 0) is 21.4 Å². The van der Waals surface area contributed by atoms with Crippen LogP contribution in [0.25, 0.3) is 0 Å². The molecule has 3 N–H and O–H groups in total.